The molecule has 2 heterocycles. The van der Waals surface area contributed by atoms with Gasteiger partial charge in [-0.25, -0.2) is 0 Å². The molecule has 0 bridgehead atoms. The van der Waals surface area contributed by atoms with Crippen molar-refractivity contribution < 1.29 is 4.74 Å². The molecule has 2 aliphatic heterocycles. The summed E-state index contributed by atoms with van der Waals surface area (Å²) in [6.45, 7) is 8.89. The van der Waals surface area contributed by atoms with E-state index < -0.39 is 0 Å². The van der Waals surface area contributed by atoms with Gasteiger partial charge in [0.1, 0.15) is 5.75 Å². The number of hydrogen-bond donors (Lipinski definition) is 1. The lowest BCUT2D eigenvalue weighted by Crippen LogP contribution is -2.29. The lowest BCUT2D eigenvalue weighted by atomic mass is 10.0. The summed E-state index contributed by atoms with van der Waals surface area (Å²) in [5.74, 6) is 1.70. The molecule has 1 fully saturated rings. The van der Waals surface area contributed by atoms with E-state index in [9.17, 15) is 0 Å². The van der Waals surface area contributed by atoms with E-state index in [4.69, 9.17) is 4.74 Å². The number of fused-ring (bicyclic) bond motifs is 1. The van der Waals surface area contributed by atoms with Crippen molar-refractivity contribution >= 4 is 5.69 Å². The average molecular weight is 274 g/mol. The number of benzene rings is 1. The normalized spacial score (nSPS) is 22.6. The summed E-state index contributed by atoms with van der Waals surface area (Å²) >= 11 is 0. The van der Waals surface area contributed by atoms with E-state index in [-0.39, 0.29) is 0 Å². The standard InChI is InChI=1S/C17H26N2O/c1-13(2)19-9-7-14(11-19)12-20-16-6-5-15-4-3-8-18-17(15)10-16/h5-6,10,13-14,18H,3-4,7-9,11-12H2,1-2H3. The quantitative estimate of drug-likeness (QED) is 0.913. The first-order chi connectivity index (χ1) is 9.72. The zero-order valence-electron chi connectivity index (χ0n) is 12.7. The first-order valence-corrected chi connectivity index (χ1v) is 7.96. The third-order valence-corrected chi connectivity index (χ3v) is 4.55. The second-order valence-electron chi connectivity index (χ2n) is 6.40. The molecule has 0 saturated carbocycles. The van der Waals surface area contributed by atoms with Gasteiger partial charge in [-0.05, 0) is 51.3 Å². The largest absolute Gasteiger partial charge is 0.493 e. The lowest BCUT2D eigenvalue weighted by molar-refractivity contribution is 0.223. The first-order valence-electron chi connectivity index (χ1n) is 7.96. The highest BCUT2D eigenvalue weighted by atomic mass is 16.5. The Hall–Kier alpha value is -1.22. The van der Waals surface area contributed by atoms with Gasteiger partial charge in [-0.15, -0.1) is 0 Å². The van der Waals surface area contributed by atoms with Crippen molar-refractivity contribution in [2.75, 3.05) is 31.6 Å². The highest BCUT2D eigenvalue weighted by molar-refractivity contribution is 5.56. The third kappa shape index (κ3) is 3.09. The molecule has 0 amide bonds. The maximum absolute atomic E-state index is 6.02. The third-order valence-electron chi connectivity index (χ3n) is 4.55. The van der Waals surface area contributed by atoms with Gasteiger partial charge in [0.25, 0.3) is 0 Å². The van der Waals surface area contributed by atoms with Gasteiger partial charge in [0.2, 0.25) is 0 Å². The van der Waals surface area contributed by atoms with Gasteiger partial charge < -0.3 is 15.0 Å². The number of nitrogens with zero attached hydrogens (tertiary/aromatic N) is 1. The summed E-state index contributed by atoms with van der Waals surface area (Å²) in [5, 5.41) is 3.46. The van der Waals surface area contributed by atoms with Crippen LogP contribution >= 0.6 is 0 Å². The van der Waals surface area contributed by atoms with Crippen molar-refractivity contribution in [1.29, 1.82) is 0 Å². The maximum Gasteiger partial charge on any atom is 0.121 e. The zero-order chi connectivity index (χ0) is 13.9. The van der Waals surface area contributed by atoms with E-state index in [1.807, 2.05) is 0 Å². The molecule has 0 radical (unpaired) electrons. The summed E-state index contributed by atoms with van der Waals surface area (Å²) in [7, 11) is 0. The van der Waals surface area contributed by atoms with Crippen LogP contribution in [0, 0.1) is 5.92 Å². The highest BCUT2D eigenvalue weighted by Crippen LogP contribution is 2.27. The van der Waals surface area contributed by atoms with Gasteiger partial charge in [-0.3, -0.25) is 0 Å². The molecule has 3 rings (SSSR count). The predicted octanol–water partition coefficient (Wildman–Crippen LogP) is 3.15. The van der Waals surface area contributed by atoms with Crippen LogP contribution < -0.4 is 10.1 Å². The second-order valence-corrected chi connectivity index (χ2v) is 6.40. The fourth-order valence-corrected chi connectivity index (χ4v) is 3.21. The van der Waals surface area contributed by atoms with Gasteiger partial charge in [-0.2, -0.15) is 0 Å². The number of ether oxygens (including phenoxy) is 1. The molecule has 1 N–H and O–H groups in total. The molecule has 110 valence electrons. The molecule has 0 spiro atoms. The summed E-state index contributed by atoms with van der Waals surface area (Å²) in [6, 6.07) is 7.17. The van der Waals surface area contributed by atoms with Crippen LogP contribution in [0.4, 0.5) is 5.69 Å². The summed E-state index contributed by atoms with van der Waals surface area (Å²) < 4.78 is 6.02. The fraction of sp³-hybridized carbons (Fsp3) is 0.647. The molecule has 1 unspecified atom stereocenters. The van der Waals surface area contributed by atoms with Crippen LogP contribution in [-0.2, 0) is 6.42 Å². The van der Waals surface area contributed by atoms with Gasteiger partial charge in [0.05, 0.1) is 6.61 Å². The van der Waals surface area contributed by atoms with Gasteiger partial charge >= 0.3 is 0 Å². The van der Waals surface area contributed by atoms with Crippen molar-refractivity contribution in [3.63, 3.8) is 0 Å². The zero-order valence-corrected chi connectivity index (χ0v) is 12.7. The Morgan fingerprint density at radius 2 is 2.30 bits per heavy atom. The predicted molar refractivity (Wildman–Crippen MR) is 83.6 cm³/mol. The molecule has 3 heteroatoms. The Labute approximate surface area is 122 Å². The van der Waals surface area contributed by atoms with E-state index in [1.165, 1.54) is 43.6 Å². The Balaban J connectivity index is 1.54. The number of hydrogen-bond acceptors (Lipinski definition) is 3. The van der Waals surface area contributed by atoms with Crippen LogP contribution in [0.25, 0.3) is 0 Å². The molecule has 3 nitrogen and oxygen atoms in total. The topological polar surface area (TPSA) is 24.5 Å². The van der Waals surface area contributed by atoms with Crippen molar-refractivity contribution in [2.45, 2.75) is 39.2 Å². The van der Waals surface area contributed by atoms with E-state index in [0.29, 0.717) is 12.0 Å². The lowest BCUT2D eigenvalue weighted by Gasteiger charge is -2.21. The van der Waals surface area contributed by atoms with Gasteiger partial charge in [-0.1, -0.05) is 6.07 Å². The van der Waals surface area contributed by atoms with E-state index in [2.05, 4.69) is 42.3 Å². The molecule has 1 aromatic rings. The molecule has 1 atom stereocenters. The summed E-state index contributed by atoms with van der Waals surface area (Å²) in [4.78, 5) is 2.54. The molecule has 1 saturated heterocycles. The number of rotatable bonds is 4. The van der Waals surface area contributed by atoms with Crippen LogP contribution in [0.1, 0.15) is 32.3 Å². The number of aryl methyl sites for hydroxylation is 1. The minimum Gasteiger partial charge on any atom is -0.493 e. The maximum atomic E-state index is 6.02. The summed E-state index contributed by atoms with van der Waals surface area (Å²) in [5.41, 5.74) is 2.69. The molecular formula is C17H26N2O. The van der Waals surface area contributed by atoms with E-state index >= 15 is 0 Å². The molecule has 0 aliphatic carbocycles. The minimum absolute atomic E-state index is 0.660. The Morgan fingerprint density at radius 3 is 3.10 bits per heavy atom. The smallest absolute Gasteiger partial charge is 0.121 e. The van der Waals surface area contributed by atoms with Crippen LogP contribution in [-0.4, -0.2) is 37.2 Å². The van der Waals surface area contributed by atoms with Gasteiger partial charge in [0, 0.05) is 36.8 Å². The van der Waals surface area contributed by atoms with Gasteiger partial charge in [0.15, 0.2) is 0 Å². The number of anilines is 1. The Kier molecular flexibility index (Phi) is 4.16. The van der Waals surface area contributed by atoms with Crippen molar-refractivity contribution in [2.24, 2.45) is 5.92 Å². The highest BCUT2D eigenvalue weighted by Gasteiger charge is 2.24. The Morgan fingerprint density at radius 1 is 1.40 bits per heavy atom. The fourth-order valence-electron chi connectivity index (χ4n) is 3.21. The van der Waals surface area contributed by atoms with Crippen LogP contribution in [0.2, 0.25) is 0 Å². The van der Waals surface area contributed by atoms with Crippen molar-refractivity contribution in [3.8, 4) is 5.75 Å². The summed E-state index contributed by atoms with van der Waals surface area (Å²) in [6.07, 6.45) is 3.69. The molecular weight excluding hydrogens is 248 g/mol. The van der Waals surface area contributed by atoms with Crippen molar-refractivity contribution in [3.05, 3.63) is 23.8 Å². The molecule has 1 aromatic carbocycles. The Bertz CT molecular complexity index is 458. The van der Waals surface area contributed by atoms with Crippen LogP contribution in [0.3, 0.4) is 0 Å². The minimum atomic E-state index is 0.660. The SMILES string of the molecule is CC(C)N1CCC(COc2ccc3c(c2)NCCC3)C1. The van der Waals surface area contributed by atoms with Crippen molar-refractivity contribution in [1.82, 2.24) is 4.90 Å². The number of likely N-dealkylation sites (tertiary alicyclic amines) is 1. The average Bonchev–Trinajstić information content (AvgIpc) is 2.94. The monoisotopic (exact) mass is 274 g/mol. The van der Waals surface area contributed by atoms with E-state index in [1.54, 1.807) is 0 Å². The van der Waals surface area contributed by atoms with E-state index in [0.717, 1.165) is 18.9 Å². The molecule has 20 heavy (non-hydrogen) atoms. The number of nitrogens with one attached hydrogen (secondary N) is 1. The van der Waals surface area contributed by atoms with Crippen LogP contribution in [0.15, 0.2) is 18.2 Å². The first kappa shape index (κ1) is 13.7. The molecule has 0 aromatic heterocycles. The second kappa shape index (κ2) is 6.04. The molecule has 2 aliphatic rings. The van der Waals surface area contributed by atoms with Crippen LogP contribution in [0.5, 0.6) is 5.75 Å².